The van der Waals surface area contributed by atoms with Crippen LogP contribution in [0.4, 0.5) is 5.69 Å². The standard InChI is InChI=1S/C22H23BrN2O4S/c1-16-14-18(10-11-20(16)23)25(30(2,27)28)15-22(26)24-12-13-29-21-9-5-7-17-6-3-4-8-19(17)21/h3-11,14H,12-13,15H2,1-2H3,(H,24,26). The van der Waals surface area contributed by atoms with Gasteiger partial charge in [0.1, 0.15) is 18.9 Å². The van der Waals surface area contributed by atoms with Crippen molar-refractivity contribution in [2.24, 2.45) is 0 Å². The zero-order valence-corrected chi connectivity index (χ0v) is 19.2. The molecule has 0 unspecified atom stereocenters. The van der Waals surface area contributed by atoms with E-state index < -0.39 is 15.9 Å². The van der Waals surface area contributed by atoms with Crippen molar-refractivity contribution in [2.75, 3.05) is 30.3 Å². The average Bonchev–Trinajstić information content (AvgIpc) is 2.71. The number of hydrogen-bond acceptors (Lipinski definition) is 4. The van der Waals surface area contributed by atoms with Crippen LogP contribution in [0.3, 0.4) is 0 Å². The Balaban J connectivity index is 1.59. The lowest BCUT2D eigenvalue weighted by Crippen LogP contribution is -2.41. The minimum Gasteiger partial charge on any atom is -0.491 e. The fourth-order valence-electron chi connectivity index (χ4n) is 3.04. The van der Waals surface area contributed by atoms with Crippen LogP contribution in [0.2, 0.25) is 0 Å². The van der Waals surface area contributed by atoms with Crippen LogP contribution < -0.4 is 14.4 Å². The number of fused-ring (bicyclic) bond motifs is 1. The van der Waals surface area contributed by atoms with Crippen molar-refractivity contribution in [1.82, 2.24) is 5.32 Å². The third kappa shape index (κ3) is 5.52. The molecular weight excluding hydrogens is 468 g/mol. The number of rotatable bonds is 8. The molecule has 0 aliphatic heterocycles. The minimum atomic E-state index is -3.61. The molecule has 0 atom stereocenters. The average molecular weight is 491 g/mol. The Bertz CT molecular complexity index is 1160. The molecule has 0 bridgehead atoms. The number of sulfonamides is 1. The van der Waals surface area contributed by atoms with Crippen LogP contribution in [-0.4, -0.2) is 40.3 Å². The van der Waals surface area contributed by atoms with Gasteiger partial charge in [-0.1, -0.05) is 52.3 Å². The maximum atomic E-state index is 12.4. The van der Waals surface area contributed by atoms with Crippen LogP contribution in [0, 0.1) is 6.92 Å². The number of carbonyl (C=O) groups is 1. The Morgan fingerprint density at radius 1 is 1.10 bits per heavy atom. The second-order valence-electron chi connectivity index (χ2n) is 6.88. The summed E-state index contributed by atoms with van der Waals surface area (Å²) in [6, 6.07) is 18.9. The van der Waals surface area contributed by atoms with E-state index in [2.05, 4.69) is 21.2 Å². The highest BCUT2D eigenvalue weighted by Gasteiger charge is 2.21. The molecule has 0 saturated heterocycles. The molecule has 3 aromatic rings. The summed E-state index contributed by atoms with van der Waals surface area (Å²) in [5.41, 5.74) is 1.32. The van der Waals surface area contributed by atoms with Crippen molar-refractivity contribution in [3.63, 3.8) is 0 Å². The van der Waals surface area contributed by atoms with Crippen molar-refractivity contribution in [2.45, 2.75) is 6.92 Å². The molecule has 0 saturated carbocycles. The normalized spacial score (nSPS) is 11.3. The van der Waals surface area contributed by atoms with Gasteiger partial charge in [0, 0.05) is 9.86 Å². The molecule has 3 rings (SSSR count). The highest BCUT2D eigenvalue weighted by molar-refractivity contribution is 9.10. The van der Waals surface area contributed by atoms with Crippen LogP contribution in [0.1, 0.15) is 5.56 Å². The van der Waals surface area contributed by atoms with E-state index in [4.69, 9.17) is 4.74 Å². The summed E-state index contributed by atoms with van der Waals surface area (Å²) in [5.74, 6) is 0.341. The number of nitrogens with zero attached hydrogens (tertiary/aromatic N) is 1. The second kappa shape index (κ2) is 9.49. The van der Waals surface area contributed by atoms with Crippen LogP contribution in [0.25, 0.3) is 10.8 Å². The monoisotopic (exact) mass is 490 g/mol. The van der Waals surface area contributed by atoms with Crippen molar-refractivity contribution >= 4 is 48.3 Å². The number of ether oxygens (including phenoxy) is 1. The number of amides is 1. The third-order valence-corrected chi connectivity index (χ3v) is 6.58. The first-order chi connectivity index (χ1) is 14.3. The molecule has 1 amide bonds. The fraction of sp³-hybridized carbons (Fsp3) is 0.227. The van der Waals surface area contributed by atoms with Crippen molar-refractivity contribution in [3.05, 3.63) is 70.7 Å². The summed E-state index contributed by atoms with van der Waals surface area (Å²) in [6.45, 7) is 2.10. The topological polar surface area (TPSA) is 75.7 Å². The van der Waals surface area contributed by atoms with E-state index in [0.717, 1.165) is 37.1 Å². The van der Waals surface area contributed by atoms with Gasteiger partial charge in [-0.2, -0.15) is 0 Å². The van der Waals surface area contributed by atoms with E-state index in [1.165, 1.54) is 0 Å². The molecule has 0 spiro atoms. The zero-order chi connectivity index (χ0) is 21.7. The Morgan fingerprint density at radius 3 is 2.57 bits per heavy atom. The van der Waals surface area contributed by atoms with Gasteiger partial charge in [0.15, 0.2) is 0 Å². The first-order valence-corrected chi connectivity index (χ1v) is 12.0. The number of aryl methyl sites for hydroxylation is 1. The molecule has 0 aromatic heterocycles. The molecule has 0 aliphatic carbocycles. The smallest absolute Gasteiger partial charge is 0.240 e. The summed E-state index contributed by atoms with van der Waals surface area (Å²) < 4.78 is 32.2. The summed E-state index contributed by atoms with van der Waals surface area (Å²) in [6.07, 6.45) is 1.08. The lowest BCUT2D eigenvalue weighted by molar-refractivity contribution is -0.119. The lowest BCUT2D eigenvalue weighted by Gasteiger charge is -2.22. The summed E-state index contributed by atoms with van der Waals surface area (Å²) in [5, 5.41) is 4.80. The minimum absolute atomic E-state index is 0.263. The number of anilines is 1. The number of halogens is 1. The maximum Gasteiger partial charge on any atom is 0.240 e. The Kier molecular flexibility index (Phi) is 6.99. The van der Waals surface area contributed by atoms with Gasteiger partial charge in [-0.15, -0.1) is 0 Å². The summed E-state index contributed by atoms with van der Waals surface area (Å²) in [7, 11) is -3.61. The molecule has 0 radical (unpaired) electrons. The van der Waals surface area contributed by atoms with Crippen LogP contribution in [-0.2, 0) is 14.8 Å². The van der Waals surface area contributed by atoms with Gasteiger partial charge >= 0.3 is 0 Å². The number of carbonyl (C=O) groups excluding carboxylic acids is 1. The van der Waals surface area contributed by atoms with Gasteiger partial charge in [0.2, 0.25) is 15.9 Å². The predicted octanol–water partition coefficient (Wildman–Crippen LogP) is 3.87. The highest BCUT2D eigenvalue weighted by atomic mass is 79.9. The zero-order valence-electron chi connectivity index (χ0n) is 16.8. The fourth-order valence-corrected chi connectivity index (χ4v) is 4.14. The van der Waals surface area contributed by atoms with Crippen LogP contribution in [0.5, 0.6) is 5.75 Å². The van der Waals surface area contributed by atoms with Crippen LogP contribution >= 0.6 is 15.9 Å². The van der Waals surface area contributed by atoms with E-state index in [0.29, 0.717) is 5.69 Å². The Hall–Kier alpha value is -2.58. The van der Waals surface area contributed by atoms with Crippen molar-refractivity contribution in [3.8, 4) is 5.75 Å². The van der Waals surface area contributed by atoms with E-state index in [-0.39, 0.29) is 19.7 Å². The number of hydrogen-bond donors (Lipinski definition) is 1. The first-order valence-electron chi connectivity index (χ1n) is 9.37. The Morgan fingerprint density at radius 2 is 1.83 bits per heavy atom. The molecule has 8 heteroatoms. The van der Waals surface area contributed by atoms with Crippen LogP contribution in [0.15, 0.2) is 65.1 Å². The van der Waals surface area contributed by atoms with Gasteiger partial charge in [0.25, 0.3) is 0 Å². The second-order valence-corrected chi connectivity index (χ2v) is 9.64. The third-order valence-electron chi connectivity index (χ3n) is 4.55. The first kappa shape index (κ1) is 22.1. The van der Waals surface area contributed by atoms with Crippen molar-refractivity contribution < 1.29 is 17.9 Å². The van der Waals surface area contributed by atoms with Gasteiger partial charge in [-0.25, -0.2) is 8.42 Å². The van der Waals surface area contributed by atoms with Gasteiger partial charge in [-0.05, 0) is 42.1 Å². The van der Waals surface area contributed by atoms with Gasteiger partial charge in [0.05, 0.1) is 18.5 Å². The van der Waals surface area contributed by atoms with E-state index >= 15 is 0 Å². The lowest BCUT2D eigenvalue weighted by atomic mass is 10.1. The Labute approximate surface area is 185 Å². The summed E-state index contributed by atoms with van der Waals surface area (Å²) >= 11 is 3.39. The summed E-state index contributed by atoms with van der Waals surface area (Å²) in [4.78, 5) is 12.4. The predicted molar refractivity (Wildman–Crippen MR) is 124 cm³/mol. The molecule has 0 heterocycles. The molecule has 1 N–H and O–H groups in total. The molecular formula is C22H23BrN2O4S. The largest absolute Gasteiger partial charge is 0.491 e. The van der Waals surface area contributed by atoms with E-state index in [1.807, 2.05) is 49.4 Å². The molecule has 0 aliphatic rings. The molecule has 0 fully saturated rings. The van der Waals surface area contributed by atoms with Crippen molar-refractivity contribution in [1.29, 1.82) is 0 Å². The quantitative estimate of drug-likeness (QED) is 0.486. The van der Waals surface area contributed by atoms with E-state index in [9.17, 15) is 13.2 Å². The molecule has 3 aromatic carbocycles. The van der Waals surface area contributed by atoms with Gasteiger partial charge < -0.3 is 10.1 Å². The van der Waals surface area contributed by atoms with Gasteiger partial charge in [-0.3, -0.25) is 9.10 Å². The SMILES string of the molecule is Cc1cc(N(CC(=O)NCCOc2cccc3ccccc23)S(C)(=O)=O)ccc1Br. The van der Waals surface area contributed by atoms with E-state index in [1.54, 1.807) is 18.2 Å². The molecule has 6 nitrogen and oxygen atoms in total. The number of nitrogens with one attached hydrogen (secondary N) is 1. The highest BCUT2D eigenvalue weighted by Crippen LogP contribution is 2.25. The molecule has 158 valence electrons. The molecule has 30 heavy (non-hydrogen) atoms. The number of benzene rings is 3. The maximum absolute atomic E-state index is 12.4.